The molecule has 0 saturated heterocycles. The van der Waals surface area contributed by atoms with Gasteiger partial charge in [0.25, 0.3) is 0 Å². The molecule has 0 N–H and O–H groups in total. The third-order valence-electron chi connectivity index (χ3n) is 1.33. The van der Waals surface area contributed by atoms with E-state index < -0.39 is 0 Å². The third-order valence-corrected chi connectivity index (χ3v) is 1.33. The maximum absolute atomic E-state index is 2.34. The van der Waals surface area contributed by atoms with Crippen molar-refractivity contribution in [1.29, 1.82) is 0 Å². The van der Waals surface area contributed by atoms with Crippen molar-refractivity contribution >= 4 is 7.28 Å². The molecule has 0 nitrogen and oxygen atoms in total. The molecular weight excluding hydrogens is 82.9 g/mol. The third kappa shape index (κ3) is 1.38. The maximum Gasteiger partial charge on any atom is 0.115 e. The minimum absolute atomic E-state index is 1.22. The fraction of sp³-hybridized carbons (Fsp3) is 0.667. The molecule has 0 unspecified atom stereocenters. The highest BCUT2D eigenvalue weighted by Gasteiger charge is 1.97. The molecule has 7 heavy (non-hydrogen) atoms. The molecule has 0 amide bonds. The lowest BCUT2D eigenvalue weighted by molar-refractivity contribution is 1.11. The van der Waals surface area contributed by atoms with E-state index in [1.54, 1.807) is 0 Å². The highest BCUT2D eigenvalue weighted by molar-refractivity contribution is 6.36. The highest BCUT2D eigenvalue weighted by Crippen LogP contribution is 2.10. The van der Waals surface area contributed by atoms with Gasteiger partial charge in [-0.15, -0.1) is 0 Å². The van der Waals surface area contributed by atoms with E-state index in [1.165, 1.54) is 24.6 Å². The molecule has 0 spiro atoms. The van der Waals surface area contributed by atoms with Gasteiger partial charge in [-0.1, -0.05) is 24.3 Å². The minimum atomic E-state index is 1.22. The summed E-state index contributed by atoms with van der Waals surface area (Å²) in [6.45, 7) is 2.19. The summed E-state index contributed by atoms with van der Waals surface area (Å²) < 4.78 is 0. The van der Waals surface area contributed by atoms with Gasteiger partial charge in [0.2, 0.25) is 0 Å². The Balaban J connectivity index is 2.40. The largest absolute Gasteiger partial charge is 0.115 e. The van der Waals surface area contributed by atoms with Crippen molar-refractivity contribution in [3.63, 3.8) is 0 Å². The molecule has 1 rings (SSSR count). The van der Waals surface area contributed by atoms with Gasteiger partial charge in [0, 0.05) is 0 Å². The van der Waals surface area contributed by atoms with E-state index in [4.69, 9.17) is 0 Å². The molecule has 0 aliphatic carbocycles. The van der Waals surface area contributed by atoms with Gasteiger partial charge in [-0.25, -0.2) is 0 Å². The molecule has 1 aliphatic rings. The van der Waals surface area contributed by atoms with Crippen molar-refractivity contribution in [2.24, 2.45) is 0 Å². The molecule has 0 aromatic rings. The second-order valence-corrected chi connectivity index (χ2v) is 2.12. The molecule has 0 bridgehead atoms. The van der Waals surface area contributed by atoms with Gasteiger partial charge in [0.05, 0.1) is 0 Å². The van der Waals surface area contributed by atoms with Gasteiger partial charge in [-0.05, 0) is 13.3 Å². The van der Waals surface area contributed by atoms with E-state index in [1.807, 2.05) is 0 Å². The fourth-order valence-corrected chi connectivity index (χ4v) is 0.861. The Morgan fingerprint density at radius 3 is 2.86 bits per heavy atom. The van der Waals surface area contributed by atoms with Crippen molar-refractivity contribution < 1.29 is 0 Å². The van der Waals surface area contributed by atoms with Crippen molar-refractivity contribution in [3.05, 3.63) is 11.6 Å². The zero-order valence-corrected chi connectivity index (χ0v) is 4.78. The van der Waals surface area contributed by atoms with Crippen LogP contribution in [0.3, 0.4) is 0 Å². The van der Waals surface area contributed by atoms with E-state index in [9.17, 15) is 0 Å². The van der Waals surface area contributed by atoms with E-state index in [2.05, 4.69) is 20.3 Å². The highest BCUT2D eigenvalue weighted by atomic mass is 13.9. The number of hydrogen-bond acceptors (Lipinski definition) is 0. The van der Waals surface area contributed by atoms with Crippen LogP contribution >= 0.6 is 0 Å². The monoisotopic (exact) mass is 93.1 g/mol. The van der Waals surface area contributed by atoms with E-state index in [0.29, 0.717) is 0 Å². The number of allylic oxidation sites excluding steroid dienone is 2. The van der Waals surface area contributed by atoms with Gasteiger partial charge in [-0.2, -0.15) is 0 Å². The van der Waals surface area contributed by atoms with Crippen LogP contribution in [-0.2, 0) is 0 Å². The van der Waals surface area contributed by atoms with Crippen LogP contribution in [0.2, 0.25) is 12.6 Å². The van der Waals surface area contributed by atoms with Crippen LogP contribution in [0.1, 0.15) is 13.3 Å². The average molecular weight is 93.0 g/mol. The second-order valence-electron chi connectivity index (χ2n) is 2.12. The van der Waals surface area contributed by atoms with Crippen LogP contribution in [0, 0.1) is 0 Å². The van der Waals surface area contributed by atoms with Gasteiger partial charge in [0.1, 0.15) is 7.28 Å². The minimum Gasteiger partial charge on any atom is -0.0870 e. The number of rotatable bonds is 0. The number of hydrogen-bond donors (Lipinski definition) is 0. The van der Waals surface area contributed by atoms with Crippen molar-refractivity contribution in [2.75, 3.05) is 0 Å². The summed E-state index contributed by atoms with van der Waals surface area (Å²) in [7, 11) is 2.34. The van der Waals surface area contributed by atoms with Crippen LogP contribution in [-0.4, -0.2) is 7.28 Å². The molecule has 1 heterocycles. The standard InChI is InChI=1S/C6H10B/c1-6-3-2-4-7-5-6/h3H,2,4-5H2,1H3. The van der Waals surface area contributed by atoms with Gasteiger partial charge < -0.3 is 0 Å². The fourth-order valence-electron chi connectivity index (χ4n) is 0.861. The molecule has 1 aliphatic heterocycles. The van der Waals surface area contributed by atoms with Crippen LogP contribution in [0.15, 0.2) is 11.6 Å². The maximum atomic E-state index is 2.34. The van der Waals surface area contributed by atoms with Gasteiger partial charge >= 0.3 is 0 Å². The topological polar surface area (TPSA) is 0 Å². The predicted octanol–water partition coefficient (Wildman–Crippen LogP) is 1.88. The second kappa shape index (κ2) is 2.20. The Hall–Kier alpha value is -0.195. The zero-order chi connectivity index (χ0) is 5.11. The first-order valence-corrected chi connectivity index (χ1v) is 2.87. The summed E-state index contributed by atoms with van der Waals surface area (Å²) in [5, 5.41) is 0. The Labute approximate surface area is 45.9 Å². The van der Waals surface area contributed by atoms with Crippen molar-refractivity contribution in [2.45, 2.75) is 26.0 Å². The first-order chi connectivity index (χ1) is 3.39. The quantitative estimate of drug-likeness (QED) is 0.316. The predicted molar refractivity (Wildman–Crippen MR) is 33.7 cm³/mol. The smallest absolute Gasteiger partial charge is 0.0870 e. The van der Waals surface area contributed by atoms with Crippen molar-refractivity contribution in [3.8, 4) is 0 Å². The summed E-state index contributed by atoms with van der Waals surface area (Å²) in [6, 6.07) is 0. The summed E-state index contributed by atoms with van der Waals surface area (Å²) in [5.41, 5.74) is 1.53. The lowest BCUT2D eigenvalue weighted by Gasteiger charge is -2.04. The lowest BCUT2D eigenvalue weighted by atomic mass is 9.65. The van der Waals surface area contributed by atoms with E-state index >= 15 is 0 Å². The summed E-state index contributed by atoms with van der Waals surface area (Å²) in [4.78, 5) is 0. The van der Waals surface area contributed by atoms with E-state index in [-0.39, 0.29) is 0 Å². The first-order valence-electron chi connectivity index (χ1n) is 2.87. The summed E-state index contributed by atoms with van der Waals surface area (Å²) >= 11 is 0. The Morgan fingerprint density at radius 1 is 1.71 bits per heavy atom. The molecule has 37 valence electrons. The van der Waals surface area contributed by atoms with Crippen LogP contribution in [0.4, 0.5) is 0 Å². The molecular formula is C6H10B. The Kier molecular flexibility index (Phi) is 1.56. The SMILES string of the molecule is CC1=CCC[B]C1. The summed E-state index contributed by atoms with van der Waals surface area (Å²) in [5.74, 6) is 0. The van der Waals surface area contributed by atoms with Crippen molar-refractivity contribution in [1.82, 2.24) is 0 Å². The average Bonchev–Trinajstić information content (AvgIpc) is 1.69. The normalized spacial score (nSPS) is 20.4. The lowest BCUT2D eigenvalue weighted by Crippen LogP contribution is -1.94. The molecule has 0 fully saturated rings. The summed E-state index contributed by atoms with van der Waals surface area (Å²) in [6.07, 6.45) is 6.10. The molecule has 1 radical (unpaired) electrons. The Bertz CT molecular complexity index is 84.2. The molecule has 1 heteroatoms. The molecule has 0 aromatic carbocycles. The van der Waals surface area contributed by atoms with E-state index in [0.717, 1.165) is 0 Å². The molecule has 0 atom stereocenters. The first kappa shape index (κ1) is 4.95. The van der Waals surface area contributed by atoms with Crippen LogP contribution < -0.4 is 0 Å². The van der Waals surface area contributed by atoms with Gasteiger partial charge in [0.15, 0.2) is 0 Å². The van der Waals surface area contributed by atoms with Crippen LogP contribution in [0.5, 0.6) is 0 Å². The molecule has 0 aromatic heterocycles. The zero-order valence-electron chi connectivity index (χ0n) is 4.78. The molecule has 0 saturated carbocycles. The Morgan fingerprint density at radius 2 is 2.57 bits per heavy atom. The van der Waals surface area contributed by atoms with Crippen LogP contribution in [0.25, 0.3) is 0 Å². The van der Waals surface area contributed by atoms with Gasteiger partial charge in [-0.3, -0.25) is 0 Å².